The van der Waals surface area contributed by atoms with Crippen LogP contribution in [0, 0.1) is 5.92 Å². The molecule has 4 nitrogen and oxygen atoms in total. The average molecular weight is 171 g/mol. The van der Waals surface area contributed by atoms with E-state index in [1.807, 2.05) is 0 Å². The standard InChI is InChI=1S/C8H13NO3/c10-8-11-5-7(12-8)6-1-3-9-4-2-6/h6-7,9H,1-5H2. The molecule has 0 radical (unpaired) electrons. The fraction of sp³-hybridized carbons (Fsp3) is 0.875. The molecule has 0 aromatic carbocycles. The normalized spacial score (nSPS) is 31.3. The molecule has 2 rings (SSSR count). The molecule has 0 spiro atoms. The molecule has 1 unspecified atom stereocenters. The first-order chi connectivity index (χ1) is 5.86. The second kappa shape index (κ2) is 3.31. The lowest BCUT2D eigenvalue weighted by molar-refractivity contribution is 0.0882. The van der Waals surface area contributed by atoms with E-state index < -0.39 is 6.16 Å². The van der Waals surface area contributed by atoms with Gasteiger partial charge in [-0.15, -0.1) is 0 Å². The van der Waals surface area contributed by atoms with E-state index >= 15 is 0 Å². The zero-order valence-electron chi connectivity index (χ0n) is 6.91. The molecule has 2 aliphatic heterocycles. The number of hydrogen-bond donors (Lipinski definition) is 1. The summed E-state index contributed by atoms with van der Waals surface area (Å²) in [6.45, 7) is 2.50. The molecular weight excluding hydrogens is 158 g/mol. The van der Waals surface area contributed by atoms with Crippen LogP contribution < -0.4 is 5.32 Å². The van der Waals surface area contributed by atoms with Crippen molar-refractivity contribution < 1.29 is 14.3 Å². The SMILES string of the molecule is O=C1OCC(C2CCNCC2)O1. The maximum absolute atomic E-state index is 10.6. The van der Waals surface area contributed by atoms with Crippen LogP contribution in [-0.2, 0) is 9.47 Å². The molecule has 0 amide bonds. The first-order valence-electron chi connectivity index (χ1n) is 4.40. The maximum atomic E-state index is 10.6. The van der Waals surface area contributed by atoms with Crippen LogP contribution in [0.3, 0.4) is 0 Å². The van der Waals surface area contributed by atoms with Gasteiger partial charge >= 0.3 is 6.16 Å². The monoisotopic (exact) mass is 171 g/mol. The molecule has 0 aromatic heterocycles. The molecule has 1 N–H and O–H groups in total. The van der Waals surface area contributed by atoms with E-state index in [1.54, 1.807) is 0 Å². The average Bonchev–Trinajstić information content (AvgIpc) is 2.54. The fourth-order valence-corrected chi connectivity index (χ4v) is 1.79. The van der Waals surface area contributed by atoms with E-state index in [1.165, 1.54) is 0 Å². The topological polar surface area (TPSA) is 47.6 Å². The Bertz CT molecular complexity index is 177. The van der Waals surface area contributed by atoms with E-state index in [9.17, 15) is 4.79 Å². The minimum atomic E-state index is -0.501. The van der Waals surface area contributed by atoms with E-state index in [4.69, 9.17) is 9.47 Å². The van der Waals surface area contributed by atoms with Crippen molar-refractivity contribution in [2.24, 2.45) is 5.92 Å². The van der Waals surface area contributed by atoms with Crippen molar-refractivity contribution in [3.8, 4) is 0 Å². The van der Waals surface area contributed by atoms with Crippen LogP contribution in [0.2, 0.25) is 0 Å². The molecule has 0 bridgehead atoms. The van der Waals surface area contributed by atoms with Gasteiger partial charge < -0.3 is 14.8 Å². The van der Waals surface area contributed by atoms with Crippen molar-refractivity contribution in [2.45, 2.75) is 18.9 Å². The molecule has 0 aliphatic carbocycles. The number of hydrogen-bond acceptors (Lipinski definition) is 4. The van der Waals surface area contributed by atoms with E-state index in [0.717, 1.165) is 25.9 Å². The van der Waals surface area contributed by atoms with E-state index in [2.05, 4.69) is 5.32 Å². The van der Waals surface area contributed by atoms with Crippen molar-refractivity contribution >= 4 is 6.16 Å². The summed E-state index contributed by atoms with van der Waals surface area (Å²) >= 11 is 0. The third kappa shape index (κ3) is 1.53. The molecule has 68 valence electrons. The highest BCUT2D eigenvalue weighted by atomic mass is 16.8. The number of cyclic esters (lactones) is 2. The van der Waals surface area contributed by atoms with Gasteiger partial charge in [0.2, 0.25) is 0 Å². The van der Waals surface area contributed by atoms with Gasteiger partial charge in [0, 0.05) is 5.92 Å². The lowest BCUT2D eigenvalue weighted by atomic mass is 9.93. The van der Waals surface area contributed by atoms with Gasteiger partial charge in [-0.3, -0.25) is 0 Å². The summed E-state index contributed by atoms with van der Waals surface area (Å²) < 4.78 is 9.75. The van der Waals surface area contributed by atoms with Crippen molar-refractivity contribution in [1.29, 1.82) is 0 Å². The zero-order chi connectivity index (χ0) is 8.39. The van der Waals surface area contributed by atoms with Crippen LogP contribution >= 0.6 is 0 Å². The minimum absolute atomic E-state index is 0.0135. The van der Waals surface area contributed by atoms with Gasteiger partial charge in [0.25, 0.3) is 0 Å². The van der Waals surface area contributed by atoms with Crippen LogP contribution in [0.1, 0.15) is 12.8 Å². The molecule has 0 aromatic rings. The quantitative estimate of drug-likeness (QED) is 0.584. The molecular formula is C8H13NO3. The van der Waals surface area contributed by atoms with Crippen LogP contribution in [0.4, 0.5) is 4.79 Å². The Morgan fingerprint density at radius 1 is 1.33 bits per heavy atom. The predicted molar refractivity (Wildman–Crippen MR) is 41.8 cm³/mol. The van der Waals surface area contributed by atoms with Gasteiger partial charge in [-0.05, 0) is 25.9 Å². The van der Waals surface area contributed by atoms with Crippen LogP contribution in [0.5, 0.6) is 0 Å². The second-order valence-electron chi connectivity index (χ2n) is 3.30. The third-order valence-corrected chi connectivity index (χ3v) is 2.52. The van der Waals surface area contributed by atoms with Crippen molar-refractivity contribution in [3.63, 3.8) is 0 Å². The van der Waals surface area contributed by atoms with Crippen molar-refractivity contribution in [3.05, 3.63) is 0 Å². The Labute approximate surface area is 71.2 Å². The summed E-state index contributed by atoms with van der Waals surface area (Å²) in [5.41, 5.74) is 0. The smallest absolute Gasteiger partial charge is 0.430 e. The summed E-state index contributed by atoms with van der Waals surface area (Å²) in [7, 11) is 0. The predicted octanol–water partition coefficient (Wildman–Crippen LogP) is 0.521. The molecule has 1 atom stereocenters. The molecule has 2 fully saturated rings. The number of ether oxygens (including phenoxy) is 2. The van der Waals surface area contributed by atoms with Crippen LogP contribution in [-0.4, -0.2) is 32.0 Å². The van der Waals surface area contributed by atoms with E-state index in [0.29, 0.717) is 12.5 Å². The Morgan fingerprint density at radius 2 is 2.08 bits per heavy atom. The fourth-order valence-electron chi connectivity index (χ4n) is 1.79. The van der Waals surface area contributed by atoms with Gasteiger partial charge in [0.1, 0.15) is 12.7 Å². The number of piperidine rings is 1. The van der Waals surface area contributed by atoms with Gasteiger partial charge in [-0.2, -0.15) is 0 Å². The van der Waals surface area contributed by atoms with Gasteiger partial charge in [0.15, 0.2) is 0 Å². The molecule has 4 heteroatoms. The Morgan fingerprint density at radius 3 is 2.67 bits per heavy atom. The van der Waals surface area contributed by atoms with Crippen molar-refractivity contribution in [2.75, 3.05) is 19.7 Å². The number of carbonyl (C=O) groups excluding carboxylic acids is 1. The summed E-state index contributed by atoms with van der Waals surface area (Å²) in [5.74, 6) is 0.498. The molecule has 12 heavy (non-hydrogen) atoms. The Hall–Kier alpha value is -0.770. The number of carbonyl (C=O) groups is 1. The van der Waals surface area contributed by atoms with Crippen LogP contribution in [0.25, 0.3) is 0 Å². The summed E-state index contributed by atoms with van der Waals surface area (Å²) in [4.78, 5) is 10.6. The Balaban J connectivity index is 1.86. The van der Waals surface area contributed by atoms with Crippen molar-refractivity contribution in [1.82, 2.24) is 5.32 Å². The first-order valence-corrected chi connectivity index (χ1v) is 4.40. The van der Waals surface area contributed by atoms with Gasteiger partial charge in [-0.25, -0.2) is 4.79 Å². The summed E-state index contributed by atoms with van der Waals surface area (Å²) in [6, 6.07) is 0. The molecule has 2 heterocycles. The zero-order valence-corrected chi connectivity index (χ0v) is 6.91. The summed E-state index contributed by atoms with van der Waals surface area (Å²) in [6.07, 6.45) is 1.68. The highest BCUT2D eigenvalue weighted by Crippen LogP contribution is 2.22. The first kappa shape index (κ1) is 7.86. The molecule has 2 saturated heterocycles. The minimum Gasteiger partial charge on any atom is -0.430 e. The largest absolute Gasteiger partial charge is 0.508 e. The van der Waals surface area contributed by atoms with Gasteiger partial charge in [-0.1, -0.05) is 0 Å². The number of nitrogens with one attached hydrogen (secondary N) is 1. The Kier molecular flexibility index (Phi) is 2.17. The summed E-state index contributed by atoms with van der Waals surface area (Å²) in [5, 5.41) is 3.27. The molecule has 0 saturated carbocycles. The van der Waals surface area contributed by atoms with Gasteiger partial charge in [0.05, 0.1) is 0 Å². The molecule has 2 aliphatic rings. The number of rotatable bonds is 1. The lowest BCUT2D eigenvalue weighted by Crippen LogP contribution is -2.35. The van der Waals surface area contributed by atoms with E-state index in [-0.39, 0.29) is 6.10 Å². The highest BCUT2D eigenvalue weighted by Gasteiger charge is 2.33. The second-order valence-corrected chi connectivity index (χ2v) is 3.30. The highest BCUT2D eigenvalue weighted by molar-refractivity contribution is 5.61. The van der Waals surface area contributed by atoms with Crippen LogP contribution in [0.15, 0.2) is 0 Å². The third-order valence-electron chi connectivity index (χ3n) is 2.52. The maximum Gasteiger partial charge on any atom is 0.508 e. The lowest BCUT2D eigenvalue weighted by Gasteiger charge is -2.25.